The predicted molar refractivity (Wildman–Crippen MR) is 82.0 cm³/mol. The Labute approximate surface area is 127 Å². The van der Waals surface area contributed by atoms with Gasteiger partial charge in [0.05, 0.1) is 12.0 Å². The SMILES string of the molecule is O=C(O)CC1(NC(=O)CCCC2CCCCC2)CCCC1. The summed E-state index contributed by atoms with van der Waals surface area (Å²) in [4.78, 5) is 23.1. The molecule has 0 saturated heterocycles. The Balaban J connectivity index is 1.70. The van der Waals surface area contributed by atoms with Gasteiger partial charge in [-0.3, -0.25) is 9.59 Å². The minimum absolute atomic E-state index is 0.0500. The van der Waals surface area contributed by atoms with Gasteiger partial charge in [-0.1, -0.05) is 44.9 Å². The second kappa shape index (κ2) is 7.81. The van der Waals surface area contributed by atoms with E-state index in [1.807, 2.05) is 0 Å². The zero-order valence-electron chi connectivity index (χ0n) is 13.0. The van der Waals surface area contributed by atoms with E-state index in [1.54, 1.807) is 0 Å². The molecule has 2 saturated carbocycles. The minimum Gasteiger partial charge on any atom is -0.481 e. The first kappa shape index (κ1) is 16.3. The number of amides is 1. The Bertz CT molecular complexity index is 355. The van der Waals surface area contributed by atoms with E-state index in [-0.39, 0.29) is 12.3 Å². The van der Waals surface area contributed by atoms with E-state index >= 15 is 0 Å². The summed E-state index contributed by atoms with van der Waals surface area (Å²) in [6.07, 6.45) is 13.1. The standard InChI is InChI=1S/C17H29NO3/c19-15(10-6-9-14-7-2-1-3-8-14)18-17(13-16(20)21)11-4-5-12-17/h14H,1-13H2,(H,18,19)(H,20,21). The number of carbonyl (C=O) groups is 2. The van der Waals surface area contributed by atoms with Gasteiger partial charge < -0.3 is 10.4 Å². The largest absolute Gasteiger partial charge is 0.481 e. The highest BCUT2D eigenvalue weighted by Gasteiger charge is 2.37. The van der Waals surface area contributed by atoms with E-state index < -0.39 is 11.5 Å². The molecule has 2 aliphatic rings. The van der Waals surface area contributed by atoms with Crippen LogP contribution in [0.2, 0.25) is 0 Å². The van der Waals surface area contributed by atoms with Gasteiger partial charge in [0, 0.05) is 6.42 Å². The van der Waals surface area contributed by atoms with Crippen LogP contribution < -0.4 is 5.32 Å². The number of carboxylic acid groups (broad SMARTS) is 1. The summed E-state index contributed by atoms with van der Waals surface area (Å²) in [5, 5.41) is 12.1. The van der Waals surface area contributed by atoms with Gasteiger partial charge in [-0.15, -0.1) is 0 Å². The minimum atomic E-state index is -0.806. The molecular formula is C17H29NO3. The van der Waals surface area contributed by atoms with Gasteiger partial charge in [0.25, 0.3) is 0 Å². The summed E-state index contributed by atoms with van der Waals surface area (Å²) in [5.41, 5.74) is -0.465. The van der Waals surface area contributed by atoms with Gasteiger partial charge >= 0.3 is 5.97 Å². The van der Waals surface area contributed by atoms with Crippen molar-refractivity contribution >= 4 is 11.9 Å². The van der Waals surface area contributed by atoms with Crippen molar-refractivity contribution in [1.82, 2.24) is 5.32 Å². The van der Waals surface area contributed by atoms with E-state index in [0.717, 1.165) is 44.4 Å². The molecule has 4 nitrogen and oxygen atoms in total. The summed E-state index contributed by atoms with van der Waals surface area (Å²) < 4.78 is 0. The second-order valence-electron chi connectivity index (χ2n) is 7.00. The molecule has 120 valence electrons. The summed E-state index contributed by atoms with van der Waals surface area (Å²) >= 11 is 0. The molecule has 0 atom stereocenters. The maximum absolute atomic E-state index is 12.1. The van der Waals surface area contributed by atoms with E-state index in [0.29, 0.717) is 6.42 Å². The van der Waals surface area contributed by atoms with Gasteiger partial charge in [-0.05, 0) is 31.6 Å². The summed E-state index contributed by atoms with van der Waals surface area (Å²) in [5.74, 6) is 0.0550. The molecule has 21 heavy (non-hydrogen) atoms. The molecule has 0 bridgehead atoms. The Morgan fingerprint density at radius 2 is 1.71 bits per heavy atom. The number of carboxylic acids is 1. The van der Waals surface area contributed by atoms with Crippen molar-refractivity contribution in [3.63, 3.8) is 0 Å². The number of rotatable bonds is 7. The topological polar surface area (TPSA) is 66.4 Å². The number of aliphatic carboxylic acids is 1. The lowest BCUT2D eigenvalue weighted by atomic mass is 9.85. The van der Waals surface area contributed by atoms with Crippen LogP contribution in [-0.4, -0.2) is 22.5 Å². The normalized spacial score (nSPS) is 22.1. The van der Waals surface area contributed by atoms with Gasteiger partial charge in [0.15, 0.2) is 0 Å². The highest BCUT2D eigenvalue weighted by Crippen LogP contribution is 2.33. The van der Waals surface area contributed by atoms with Crippen molar-refractivity contribution < 1.29 is 14.7 Å². The average molecular weight is 295 g/mol. The molecule has 0 aliphatic heterocycles. The van der Waals surface area contributed by atoms with Crippen molar-refractivity contribution in [2.45, 2.75) is 89.0 Å². The third kappa shape index (κ3) is 5.33. The quantitative estimate of drug-likeness (QED) is 0.753. The Kier molecular flexibility index (Phi) is 6.07. The third-order valence-corrected chi connectivity index (χ3v) is 5.20. The molecule has 0 unspecified atom stereocenters. The molecule has 2 aliphatic carbocycles. The lowest BCUT2D eigenvalue weighted by Gasteiger charge is -2.29. The fourth-order valence-corrected chi connectivity index (χ4v) is 4.07. The van der Waals surface area contributed by atoms with Crippen LogP contribution in [0.5, 0.6) is 0 Å². The Morgan fingerprint density at radius 3 is 2.33 bits per heavy atom. The predicted octanol–water partition coefficient (Wildman–Crippen LogP) is 3.64. The lowest BCUT2D eigenvalue weighted by molar-refractivity contribution is -0.139. The molecule has 2 fully saturated rings. The van der Waals surface area contributed by atoms with Crippen molar-refractivity contribution in [3.05, 3.63) is 0 Å². The summed E-state index contributed by atoms with van der Waals surface area (Å²) in [6.45, 7) is 0. The van der Waals surface area contributed by atoms with Crippen LogP contribution in [0, 0.1) is 5.92 Å². The van der Waals surface area contributed by atoms with E-state index in [1.165, 1.54) is 32.1 Å². The van der Waals surface area contributed by atoms with Crippen LogP contribution >= 0.6 is 0 Å². The van der Waals surface area contributed by atoms with Crippen LogP contribution in [-0.2, 0) is 9.59 Å². The van der Waals surface area contributed by atoms with Gasteiger partial charge in [-0.2, -0.15) is 0 Å². The van der Waals surface area contributed by atoms with Crippen molar-refractivity contribution in [2.75, 3.05) is 0 Å². The molecule has 0 aromatic heterocycles. The maximum Gasteiger partial charge on any atom is 0.305 e. The van der Waals surface area contributed by atoms with Crippen molar-refractivity contribution in [1.29, 1.82) is 0 Å². The first-order valence-corrected chi connectivity index (χ1v) is 8.62. The zero-order valence-corrected chi connectivity index (χ0v) is 13.0. The lowest BCUT2D eigenvalue weighted by Crippen LogP contribution is -2.47. The van der Waals surface area contributed by atoms with Gasteiger partial charge in [0.2, 0.25) is 5.91 Å². The van der Waals surface area contributed by atoms with Crippen LogP contribution in [0.25, 0.3) is 0 Å². The molecule has 0 radical (unpaired) electrons. The molecule has 1 amide bonds. The maximum atomic E-state index is 12.1. The highest BCUT2D eigenvalue weighted by molar-refractivity contribution is 5.78. The van der Waals surface area contributed by atoms with E-state index in [2.05, 4.69) is 5.32 Å². The van der Waals surface area contributed by atoms with E-state index in [4.69, 9.17) is 5.11 Å². The Morgan fingerprint density at radius 1 is 1.05 bits per heavy atom. The van der Waals surface area contributed by atoms with Crippen molar-refractivity contribution in [3.8, 4) is 0 Å². The fourth-order valence-electron chi connectivity index (χ4n) is 4.07. The fraction of sp³-hybridized carbons (Fsp3) is 0.882. The van der Waals surface area contributed by atoms with Crippen molar-refractivity contribution in [2.24, 2.45) is 5.92 Å². The van der Waals surface area contributed by atoms with Gasteiger partial charge in [0.1, 0.15) is 0 Å². The monoisotopic (exact) mass is 295 g/mol. The number of hydrogen-bond donors (Lipinski definition) is 2. The molecule has 0 aromatic carbocycles. The molecule has 0 heterocycles. The molecule has 2 N–H and O–H groups in total. The van der Waals surface area contributed by atoms with E-state index in [9.17, 15) is 9.59 Å². The molecule has 0 spiro atoms. The van der Waals surface area contributed by atoms with Crippen LogP contribution in [0.1, 0.15) is 83.5 Å². The first-order valence-electron chi connectivity index (χ1n) is 8.62. The summed E-state index contributed by atoms with van der Waals surface area (Å²) in [7, 11) is 0. The number of nitrogens with one attached hydrogen (secondary N) is 1. The smallest absolute Gasteiger partial charge is 0.305 e. The molecule has 4 heteroatoms. The first-order chi connectivity index (χ1) is 10.1. The molecule has 0 aromatic rings. The number of carbonyl (C=O) groups excluding carboxylic acids is 1. The molecule has 2 rings (SSSR count). The second-order valence-corrected chi connectivity index (χ2v) is 7.00. The summed E-state index contributed by atoms with van der Waals surface area (Å²) in [6, 6.07) is 0. The van der Waals surface area contributed by atoms with Crippen LogP contribution in [0.15, 0.2) is 0 Å². The average Bonchev–Trinajstić information content (AvgIpc) is 2.87. The third-order valence-electron chi connectivity index (χ3n) is 5.20. The number of hydrogen-bond acceptors (Lipinski definition) is 2. The Hall–Kier alpha value is -1.06. The van der Waals surface area contributed by atoms with Gasteiger partial charge in [-0.25, -0.2) is 0 Å². The van der Waals surface area contributed by atoms with Crippen LogP contribution in [0.3, 0.4) is 0 Å². The zero-order chi connectivity index (χ0) is 15.1. The molecular weight excluding hydrogens is 266 g/mol. The van der Waals surface area contributed by atoms with Crippen LogP contribution in [0.4, 0.5) is 0 Å². The highest BCUT2D eigenvalue weighted by atomic mass is 16.4.